The largest absolute Gasteiger partial charge is 0.444 e. The fourth-order valence-corrected chi connectivity index (χ4v) is 2.52. The lowest BCUT2D eigenvalue weighted by atomic mass is 10.0. The van der Waals surface area contributed by atoms with Gasteiger partial charge in [0.1, 0.15) is 11.6 Å². The van der Waals surface area contributed by atoms with Gasteiger partial charge in [-0.05, 0) is 50.3 Å². The first-order valence-corrected chi connectivity index (χ1v) is 7.07. The Morgan fingerprint density at radius 2 is 2.00 bits per heavy atom. The van der Waals surface area contributed by atoms with Gasteiger partial charge in [0.25, 0.3) is 0 Å². The van der Waals surface area contributed by atoms with Crippen molar-refractivity contribution in [3.05, 3.63) is 53.5 Å². The van der Waals surface area contributed by atoms with Crippen molar-refractivity contribution in [1.82, 2.24) is 10.3 Å². The Morgan fingerprint density at radius 3 is 2.55 bits per heavy atom. The molecule has 1 aliphatic carbocycles. The number of oxazole rings is 1. The molecule has 1 heterocycles. The zero-order valence-corrected chi connectivity index (χ0v) is 11.8. The summed E-state index contributed by atoms with van der Waals surface area (Å²) in [4.78, 5) is 4.27. The summed E-state index contributed by atoms with van der Waals surface area (Å²) < 4.78 is 18.6. The Hall–Kier alpha value is -1.68. The molecule has 0 amide bonds. The molecule has 2 unspecified atom stereocenters. The molecule has 1 aliphatic rings. The van der Waals surface area contributed by atoms with Crippen LogP contribution in [0.4, 0.5) is 4.39 Å². The number of aromatic nitrogens is 1. The summed E-state index contributed by atoms with van der Waals surface area (Å²) in [6.07, 6.45) is 4.16. The first kappa shape index (κ1) is 13.3. The minimum absolute atomic E-state index is 0.0411. The molecular weight excluding hydrogens is 255 g/mol. The van der Waals surface area contributed by atoms with Crippen LogP contribution < -0.4 is 5.32 Å². The van der Waals surface area contributed by atoms with E-state index in [0.29, 0.717) is 11.8 Å². The average molecular weight is 274 g/mol. The van der Waals surface area contributed by atoms with Crippen molar-refractivity contribution in [2.45, 2.75) is 38.8 Å². The highest BCUT2D eigenvalue weighted by Gasteiger charge is 2.33. The molecule has 3 rings (SSSR count). The zero-order valence-electron chi connectivity index (χ0n) is 11.8. The maximum absolute atomic E-state index is 13.1. The van der Waals surface area contributed by atoms with E-state index in [1.807, 2.05) is 26.0 Å². The Balaban J connectivity index is 1.76. The van der Waals surface area contributed by atoms with Gasteiger partial charge in [0.05, 0.1) is 12.2 Å². The number of nitrogens with one attached hydrogen (secondary N) is 1. The minimum Gasteiger partial charge on any atom is -0.444 e. The third-order valence-corrected chi connectivity index (χ3v) is 3.76. The molecule has 2 atom stereocenters. The number of aryl methyl sites for hydroxylation is 1. The molecule has 0 spiro atoms. The monoisotopic (exact) mass is 274 g/mol. The zero-order chi connectivity index (χ0) is 14.1. The smallest absolute Gasteiger partial charge is 0.211 e. The van der Waals surface area contributed by atoms with Crippen molar-refractivity contribution in [2.75, 3.05) is 0 Å². The van der Waals surface area contributed by atoms with Crippen LogP contribution in [0.25, 0.3) is 0 Å². The molecule has 0 aliphatic heterocycles. The topological polar surface area (TPSA) is 38.1 Å². The van der Waals surface area contributed by atoms with Crippen LogP contribution >= 0.6 is 0 Å². The molecule has 2 aromatic rings. The van der Waals surface area contributed by atoms with Crippen LogP contribution in [0.5, 0.6) is 0 Å². The van der Waals surface area contributed by atoms with Gasteiger partial charge in [-0.1, -0.05) is 12.1 Å². The summed E-state index contributed by atoms with van der Waals surface area (Å²) in [7, 11) is 0. The average Bonchev–Trinajstić information content (AvgIpc) is 3.18. The van der Waals surface area contributed by atoms with Crippen LogP contribution in [0.15, 0.2) is 34.9 Å². The lowest BCUT2D eigenvalue weighted by molar-refractivity contribution is 0.355. The molecule has 1 N–H and O–H groups in total. The predicted octanol–water partition coefficient (Wildman–Crippen LogP) is 3.92. The first-order valence-electron chi connectivity index (χ1n) is 7.07. The fraction of sp³-hybridized carbons (Fsp3) is 0.438. The van der Waals surface area contributed by atoms with Gasteiger partial charge in [-0.3, -0.25) is 5.32 Å². The second-order valence-corrected chi connectivity index (χ2v) is 5.56. The molecule has 1 fully saturated rings. The lowest BCUT2D eigenvalue weighted by Crippen LogP contribution is -2.26. The second-order valence-electron chi connectivity index (χ2n) is 5.56. The van der Waals surface area contributed by atoms with Crippen molar-refractivity contribution in [3.63, 3.8) is 0 Å². The number of halogens is 1. The van der Waals surface area contributed by atoms with Crippen molar-refractivity contribution in [1.29, 1.82) is 0 Å². The molecule has 1 aromatic heterocycles. The third-order valence-electron chi connectivity index (χ3n) is 3.76. The standard InChI is InChI=1S/C16H19FN2O/c1-10-9-18-16(20-10)11(2)19-15(12-3-4-12)13-5-7-14(17)8-6-13/h5-9,11-12,15,19H,3-4H2,1-2H3. The van der Waals surface area contributed by atoms with Crippen LogP contribution in [0.2, 0.25) is 0 Å². The van der Waals surface area contributed by atoms with Crippen LogP contribution in [0.1, 0.15) is 49.1 Å². The van der Waals surface area contributed by atoms with Crippen LogP contribution in [0, 0.1) is 18.7 Å². The maximum atomic E-state index is 13.1. The molecule has 1 saturated carbocycles. The van der Waals surface area contributed by atoms with Gasteiger partial charge in [0.15, 0.2) is 0 Å². The fourth-order valence-electron chi connectivity index (χ4n) is 2.52. The van der Waals surface area contributed by atoms with Gasteiger partial charge in [-0.25, -0.2) is 9.37 Å². The summed E-state index contributed by atoms with van der Waals surface area (Å²) in [5.74, 6) is 1.95. The van der Waals surface area contributed by atoms with E-state index in [1.165, 1.54) is 25.0 Å². The summed E-state index contributed by atoms with van der Waals surface area (Å²) in [5, 5.41) is 3.57. The van der Waals surface area contributed by atoms with Gasteiger partial charge in [-0.15, -0.1) is 0 Å². The minimum atomic E-state index is -0.195. The van der Waals surface area contributed by atoms with Gasteiger partial charge >= 0.3 is 0 Å². The highest BCUT2D eigenvalue weighted by atomic mass is 19.1. The summed E-state index contributed by atoms with van der Waals surface area (Å²) in [6, 6.07) is 7.04. The molecule has 4 heteroatoms. The Bertz CT molecular complexity index is 574. The van der Waals surface area contributed by atoms with E-state index in [9.17, 15) is 4.39 Å². The van der Waals surface area contributed by atoms with Crippen LogP contribution in [0.3, 0.4) is 0 Å². The SMILES string of the molecule is Cc1cnc(C(C)NC(c2ccc(F)cc2)C2CC2)o1. The maximum Gasteiger partial charge on any atom is 0.211 e. The number of hydrogen-bond donors (Lipinski definition) is 1. The van der Waals surface area contributed by atoms with Crippen molar-refractivity contribution >= 4 is 0 Å². The Kier molecular flexibility index (Phi) is 3.57. The van der Waals surface area contributed by atoms with E-state index in [0.717, 1.165) is 11.3 Å². The first-order chi connectivity index (χ1) is 9.63. The molecule has 3 nitrogen and oxygen atoms in total. The van der Waals surface area contributed by atoms with E-state index < -0.39 is 0 Å². The van der Waals surface area contributed by atoms with Crippen LogP contribution in [-0.4, -0.2) is 4.98 Å². The van der Waals surface area contributed by atoms with Gasteiger partial charge < -0.3 is 4.42 Å². The number of benzene rings is 1. The predicted molar refractivity (Wildman–Crippen MR) is 74.7 cm³/mol. The Labute approximate surface area is 118 Å². The molecule has 0 saturated heterocycles. The number of nitrogens with zero attached hydrogens (tertiary/aromatic N) is 1. The van der Waals surface area contributed by atoms with E-state index >= 15 is 0 Å². The van der Waals surface area contributed by atoms with E-state index in [-0.39, 0.29) is 17.9 Å². The molecular formula is C16H19FN2O. The van der Waals surface area contributed by atoms with E-state index in [1.54, 1.807) is 6.20 Å². The second kappa shape index (κ2) is 5.37. The van der Waals surface area contributed by atoms with Crippen molar-refractivity contribution in [3.8, 4) is 0 Å². The van der Waals surface area contributed by atoms with Crippen molar-refractivity contribution < 1.29 is 8.81 Å². The number of rotatable bonds is 5. The molecule has 0 radical (unpaired) electrons. The number of hydrogen-bond acceptors (Lipinski definition) is 3. The van der Waals surface area contributed by atoms with Crippen molar-refractivity contribution in [2.24, 2.45) is 5.92 Å². The van der Waals surface area contributed by atoms with E-state index in [4.69, 9.17) is 4.42 Å². The summed E-state index contributed by atoms with van der Waals surface area (Å²) in [5.41, 5.74) is 1.13. The third kappa shape index (κ3) is 2.90. The quantitative estimate of drug-likeness (QED) is 0.898. The highest BCUT2D eigenvalue weighted by molar-refractivity contribution is 5.22. The molecule has 1 aromatic carbocycles. The van der Waals surface area contributed by atoms with E-state index in [2.05, 4.69) is 10.3 Å². The normalized spacial score (nSPS) is 17.9. The molecule has 20 heavy (non-hydrogen) atoms. The Morgan fingerprint density at radius 1 is 1.30 bits per heavy atom. The molecule has 0 bridgehead atoms. The highest BCUT2D eigenvalue weighted by Crippen LogP contribution is 2.42. The lowest BCUT2D eigenvalue weighted by Gasteiger charge is -2.22. The molecule has 106 valence electrons. The van der Waals surface area contributed by atoms with Crippen LogP contribution in [-0.2, 0) is 0 Å². The van der Waals surface area contributed by atoms with Gasteiger partial charge in [0.2, 0.25) is 5.89 Å². The van der Waals surface area contributed by atoms with Gasteiger partial charge in [-0.2, -0.15) is 0 Å². The summed E-state index contributed by atoms with van der Waals surface area (Å²) >= 11 is 0. The van der Waals surface area contributed by atoms with Gasteiger partial charge in [0, 0.05) is 6.04 Å². The summed E-state index contributed by atoms with van der Waals surface area (Å²) in [6.45, 7) is 3.94.